The fourth-order valence-electron chi connectivity index (χ4n) is 2.54. The molecule has 108 valence electrons. The number of amides is 2. The van der Waals surface area contributed by atoms with Crippen LogP contribution in [0.1, 0.15) is 19.3 Å². The average Bonchev–Trinajstić information content (AvgIpc) is 3.15. The smallest absolute Gasteiger partial charge is 0.322 e. The lowest BCUT2D eigenvalue weighted by Gasteiger charge is -2.25. The number of benzene rings is 1. The molecule has 1 aliphatic carbocycles. The first-order valence-corrected chi connectivity index (χ1v) is 7.14. The second-order valence-corrected chi connectivity index (χ2v) is 5.52. The largest absolute Gasteiger partial charge is 0.381 e. The van der Waals surface area contributed by atoms with Gasteiger partial charge in [0.15, 0.2) is 0 Å². The van der Waals surface area contributed by atoms with Crippen LogP contribution in [0.25, 0.3) is 0 Å². The fourth-order valence-corrected chi connectivity index (χ4v) is 2.54. The minimum Gasteiger partial charge on any atom is -0.381 e. The van der Waals surface area contributed by atoms with Crippen molar-refractivity contribution in [3.63, 3.8) is 0 Å². The van der Waals surface area contributed by atoms with Crippen LogP contribution in [0.3, 0.4) is 0 Å². The highest BCUT2D eigenvalue weighted by Gasteiger charge is 2.35. The van der Waals surface area contributed by atoms with E-state index in [9.17, 15) is 9.18 Å². The van der Waals surface area contributed by atoms with E-state index in [2.05, 4.69) is 5.32 Å². The number of rotatable bonds is 4. The van der Waals surface area contributed by atoms with Gasteiger partial charge in [-0.25, -0.2) is 9.18 Å². The van der Waals surface area contributed by atoms with Crippen LogP contribution in [0.5, 0.6) is 0 Å². The van der Waals surface area contributed by atoms with E-state index >= 15 is 0 Å². The summed E-state index contributed by atoms with van der Waals surface area (Å²) in [5.41, 5.74) is 0.242. The summed E-state index contributed by atoms with van der Waals surface area (Å²) in [7, 11) is 0. The van der Waals surface area contributed by atoms with Crippen molar-refractivity contribution in [1.82, 2.24) is 4.90 Å². The van der Waals surface area contributed by atoms with Crippen molar-refractivity contribution in [3.8, 4) is 0 Å². The Labute approximate surface area is 117 Å². The molecule has 0 bridgehead atoms. The van der Waals surface area contributed by atoms with Gasteiger partial charge < -0.3 is 15.0 Å². The molecule has 1 saturated heterocycles. The van der Waals surface area contributed by atoms with Crippen LogP contribution >= 0.6 is 0 Å². The Hall–Kier alpha value is -1.62. The summed E-state index contributed by atoms with van der Waals surface area (Å²) in [6.45, 7) is 2.19. The molecule has 1 aromatic carbocycles. The first-order valence-electron chi connectivity index (χ1n) is 7.14. The number of hydrogen-bond acceptors (Lipinski definition) is 2. The Morgan fingerprint density at radius 3 is 2.80 bits per heavy atom. The summed E-state index contributed by atoms with van der Waals surface area (Å²) in [5, 5.41) is 2.68. The Morgan fingerprint density at radius 1 is 1.35 bits per heavy atom. The number of urea groups is 1. The lowest BCUT2D eigenvalue weighted by Crippen LogP contribution is -2.40. The van der Waals surface area contributed by atoms with Crippen molar-refractivity contribution in [3.05, 3.63) is 30.1 Å². The molecule has 0 unspecified atom stereocenters. The summed E-state index contributed by atoms with van der Waals surface area (Å²) in [4.78, 5) is 14.2. The van der Waals surface area contributed by atoms with Crippen molar-refractivity contribution in [1.29, 1.82) is 0 Å². The molecule has 3 rings (SSSR count). The highest BCUT2D eigenvalue weighted by Crippen LogP contribution is 2.29. The third-order valence-electron chi connectivity index (χ3n) is 3.84. The predicted molar refractivity (Wildman–Crippen MR) is 74.1 cm³/mol. The lowest BCUT2D eigenvalue weighted by atomic mass is 10.1. The lowest BCUT2D eigenvalue weighted by molar-refractivity contribution is 0.167. The highest BCUT2D eigenvalue weighted by atomic mass is 19.1. The van der Waals surface area contributed by atoms with Crippen molar-refractivity contribution >= 4 is 11.7 Å². The standard InChI is InChI=1S/C15H19FN2O2/c16-13-3-1-2-4-14(13)17-15(19)18(12-5-6-12)9-11-7-8-20-10-11/h1-4,11-12H,5-10H2,(H,17,19)/t11-/m1/s1. The van der Waals surface area contributed by atoms with Crippen LogP contribution in [0.2, 0.25) is 0 Å². The molecule has 1 heterocycles. The minimum absolute atomic E-state index is 0.204. The summed E-state index contributed by atoms with van der Waals surface area (Å²) in [5.74, 6) is 0.00256. The van der Waals surface area contributed by atoms with Gasteiger partial charge in [-0.3, -0.25) is 0 Å². The number of nitrogens with zero attached hydrogens (tertiary/aromatic N) is 1. The third-order valence-corrected chi connectivity index (χ3v) is 3.84. The number of para-hydroxylation sites is 1. The van der Waals surface area contributed by atoms with Crippen LogP contribution in [0.4, 0.5) is 14.9 Å². The molecule has 0 aromatic heterocycles. The van der Waals surface area contributed by atoms with Gasteiger partial charge in [0.1, 0.15) is 5.82 Å². The Morgan fingerprint density at radius 2 is 2.15 bits per heavy atom. The number of ether oxygens (including phenoxy) is 1. The first kappa shape index (κ1) is 13.4. The Kier molecular flexibility index (Phi) is 3.87. The van der Waals surface area contributed by atoms with E-state index < -0.39 is 5.82 Å². The number of anilines is 1. The second-order valence-electron chi connectivity index (χ2n) is 5.52. The molecule has 1 saturated carbocycles. The maximum Gasteiger partial charge on any atom is 0.322 e. The number of nitrogens with one attached hydrogen (secondary N) is 1. The molecule has 1 aliphatic heterocycles. The topological polar surface area (TPSA) is 41.6 Å². The molecule has 2 fully saturated rings. The van der Waals surface area contributed by atoms with E-state index in [1.807, 2.05) is 4.90 Å². The Balaban J connectivity index is 1.64. The molecule has 2 amide bonds. The fraction of sp³-hybridized carbons (Fsp3) is 0.533. The number of carbonyl (C=O) groups excluding carboxylic acids is 1. The maximum absolute atomic E-state index is 13.6. The van der Waals surface area contributed by atoms with Crippen molar-refractivity contribution in [2.24, 2.45) is 5.92 Å². The van der Waals surface area contributed by atoms with E-state index in [-0.39, 0.29) is 11.7 Å². The minimum atomic E-state index is -0.402. The predicted octanol–water partition coefficient (Wildman–Crippen LogP) is 2.86. The average molecular weight is 278 g/mol. The van der Waals surface area contributed by atoms with Gasteiger partial charge in [-0.15, -0.1) is 0 Å². The number of halogens is 1. The summed E-state index contributed by atoms with van der Waals surface area (Å²) in [6, 6.07) is 6.36. The molecule has 1 N–H and O–H groups in total. The van der Waals surface area contributed by atoms with Gasteiger partial charge in [0.05, 0.1) is 12.3 Å². The van der Waals surface area contributed by atoms with Gasteiger partial charge in [0, 0.05) is 25.1 Å². The van der Waals surface area contributed by atoms with Gasteiger partial charge in [0.2, 0.25) is 0 Å². The monoisotopic (exact) mass is 278 g/mol. The third kappa shape index (κ3) is 3.10. The van der Waals surface area contributed by atoms with Crippen molar-refractivity contribution in [2.75, 3.05) is 25.1 Å². The molecule has 0 radical (unpaired) electrons. The molecule has 1 aromatic rings. The van der Waals surface area contributed by atoms with Crippen molar-refractivity contribution in [2.45, 2.75) is 25.3 Å². The zero-order chi connectivity index (χ0) is 13.9. The number of hydrogen-bond donors (Lipinski definition) is 1. The molecule has 2 aliphatic rings. The van der Waals surface area contributed by atoms with E-state index in [0.29, 0.717) is 18.5 Å². The first-order chi connectivity index (χ1) is 9.74. The molecular formula is C15H19FN2O2. The molecule has 4 nitrogen and oxygen atoms in total. The maximum atomic E-state index is 13.6. The summed E-state index contributed by atoms with van der Waals surface area (Å²) in [6.07, 6.45) is 3.08. The van der Waals surface area contributed by atoms with E-state index in [4.69, 9.17) is 4.74 Å². The van der Waals surface area contributed by atoms with Crippen LogP contribution in [0, 0.1) is 11.7 Å². The SMILES string of the molecule is O=C(Nc1ccccc1F)N(C[C@H]1CCOC1)C1CC1. The van der Waals surface area contributed by atoms with E-state index in [1.165, 1.54) is 6.07 Å². The van der Waals surface area contributed by atoms with Crippen LogP contribution < -0.4 is 5.32 Å². The van der Waals surface area contributed by atoms with Gasteiger partial charge in [0.25, 0.3) is 0 Å². The van der Waals surface area contributed by atoms with E-state index in [1.54, 1.807) is 18.2 Å². The van der Waals surface area contributed by atoms with Gasteiger partial charge >= 0.3 is 6.03 Å². The summed E-state index contributed by atoms with van der Waals surface area (Å²) < 4.78 is 18.9. The molecule has 1 atom stereocenters. The van der Waals surface area contributed by atoms with Gasteiger partial charge in [-0.2, -0.15) is 0 Å². The van der Waals surface area contributed by atoms with Gasteiger partial charge in [-0.1, -0.05) is 12.1 Å². The molecule has 5 heteroatoms. The number of carbonyl (C=O) groups is 1. The zero-order valence-electron chi connectivity index (χ0n) is 11.3. The molecular weight excluding hydrogens is 259 g/mol. The zero-order valence-corrected chi connectivity index (χ0v) is 11.3. The second kappa shape index (κ2) is 5.79. The van der Waals surface area contributed by atoms with Crippen LogP contribution in [-0.4, -0.2) is 36.7 Å². The van der Waals surface area contributed by atoms with Crippen LogP contribution in [0.15, 0.2) is 24.3 Å². The van der Waals surface area contributed by atoms with Gasteiger partial charge in [-0.05, 0) is 31.4 Å². The van der Waals surface area contributed by atoms with Crippen LogP contribution in [-0.2, 0) is 4.74 Å². The normalized spacial score (nSPS) is 21.8. The van der Waals surface area contributed by atoms with Crippen molar-refractivity contribution < 1.29 is 13.9 Å². The summed E-state index contributed by atoms with van der Waals surface area (Å²) >= 11 is 0. The Bertz CT molecular complexity index is 485. The molecule has 20 heavy (non-hydrogen) atoms. The molecule has 0 spiro atoms. The highest BCUT2D eigenvalue weighted by molar-refractivity contribution is 5.89. The van der Waals surface area contributed by atoms with E-state index in [0.717, 1.165) is 32.5 Å². The quantitative estimate of drug-likeness (QED) is 0.920.